The van der Waals surface area contributed by atoms with E-state index in [9.17, 15) is 9.59 Å². The molecule has 6 nitrogen and oxygen atoms in total. The molecule has 6 aliphatic carbocycles. The van der Waals surface area contributed by atoms with E-state index in [0.717, 1.165) is 111 Å². The molecule has 2 aromatic rings. The van der Waals surface area contributed by atoms with E-state index in [2.05, 4.69) is 38.1 Å². The van der Waals surface area contributed by atoms with Crippen molar-refractivity contribution in [3.05, 3.63) is 46.5 Å². The van der Waals surface area contributed by atoms with E-state index >= 15 is 0 Å². The minimum absolute atomic E-state index is 0.00961. The Morgan fingerprint density at radius 2 is 0.804 bits per heavy atom. The lowest BCUT2D eigenvalue weighted by molar-refractivity contribution is -0.154. The summed E-state index contributed by atoms with van der Waals surface area (Å²) in [6, 6.07) is 8.52. The molecule has 0 N–H and O–H groups in total. The lowest BCUT2D eigenvalue weighted by Gasteiger charge is -2.37. The monoisotopic (exact) mass is 767 g/mol. The van der Waals surface area contributed by atoms with Gasteiger partial charge in [-0.25, -0.2) is 9.59 Å². The summed E-state index contributed by atoms with van der Waals surface area (Å²) in [5.74, 6) is 5.93. The molecule has 2 aromatic carbocycles. The third kappa shape index (κ3) is 9.63. The van der Waals surface area contributed by atoms with Gasteiger partial charge in [-0.1, -0.05) is 51.7 Å². The summed E-state index contributed by atoms with van der Waals surface area (Å²) in [7, 11) is 0. The van der Waals surface area contributed by atoms with Gasteiger partial charge >= 0.3 is 11.9 Å². The highest BCUT2D eigenvalue weighted by Crippen LogP contribution is 2.47. The van der Waals surface area contributed by atoms with Crippen LogP contribution in [-0.2, 0) is 44.7 Å². The summed E-state index contributed by atoms with van der Waals surface area (Å²) in [4.78, 5) is 26.7. The molecule has 0 aromatic heterocycles. The third-order valence-corrected chi connectivity index (χ3v) is 15.4. The van der Waals surface area contributed by atoms with Gasteiger partial charge in [0.05, 0.1) is 0 Å². The molecule has 4 saturated carbocycles. The first-order valence-electron chi connectivity index (χ1n) is 23.3. The smallest absolute Gasteiger partial charge is 0.344 e. The zero-order valence-electron chi connectivity index (χ0n) is 34.8. The minimum atomic E-state index is -0.278. The highest BCUT2D eigenvalue weighted by molar-refractivity contribution is 5.84. The molecule has 0 saturated heterocycles. The molecule has 6 aliphatic rings. The van der Waals surface area contributed by atoms with Crippen molar-refractivity contribution in [2.24, 2.45) is 35.5 Å². The number of hydrogen-bond donors (Lipinski definition) is 0. The molecule has 0 radical (unpaired) electrons. The molecule has 0 unspecified atom stereocenters. The number of benzene rings is 2. The quantitative estimate of drug-likeness (QED) is 0.212. The Kier molecular flexibility index (Phi) is 13.3. The molecule has 6 heteroatoms. The highest BCUT2D eigenvalue weighted by atomic mass is 16.6. The molecule has 0 aliphatic heterocycles. The maximum absolute atomic E-state index is 13.4. The summed E-state index contributed by atoms with van der Waals surface area (Å²) in [5, 5.41) is 0. The van der Waals surface area contributed by atoms with Crippen LogP contribution in [0.4, 0.5) is 0 Å². The van der Waals surface area contributed by atoms with E-state index in [1.807, 2.05) is 0 Å². The van der Waals surface area contributed by atoms with Gasteiger partial charge in [0, 0.05) is 11.1 Å². The van der Waals surface area contributed by atoms with Crippen LogP contribution in [-0.4, -0.2) is 37.4 Å². The summed E-state index contributed by atoms with van der Waals surface area (Å²) < 4.78 is 25.1. The average Bonchev–Trinajstić information content (AvgIpc) is 3.23. The molecule has 0 heterocycles. The van der Waals surface area contributed by atoms with E-state index in [1.165, 1.54) is 112 Å². The number of esters is 2. The summed E-state index contributed by atoms with van der Waals surface area (Å²) in [5.41, 5.74) is 7.40. The Hall–Kier alpha value is -3.02. The first-order valence-corrected chi connectivity index (χ1v) is 23.3. The molecular weight excluding hydrogens is 697 g/mol. The minimum Gasteiger partial charge on any atom is -0.481 e. The molecule has 0 spiro atoms. The molecule has 8 rings (SSSR count). The molecule has 306 valence electrons. The van der Waals surface area contributed by atoms with Gasteiger partial charge < -0.3 is 18.9 Å². The first kappa shape index (κ1) is 39.8. The van der Waals surface area contributed by atoms with Crippen molar-refractivity contribution >= 4 is 11.9 Å². The van der Waals surface area contributed by atoms with Crippen LogP contribution in [0.25, 0.3) is 11.1 Å². The van der Waals surface area contributed by atoms with Crippen LogP contribution in [0.15, 0.2) is 24.3 Å². The van der Waals surface area contributed by atoms with Crippen LogP contribution in [0.1, 0.15) is 165 Å². The van der Waals surface area contributed by atoms with Crippen molar-refractivity contribution in [2.75, 3.05) is 13.2 Å². The van der Waals surface area contributed by atoms with Crippen LogP contribution in [0, 0.1) is 35.5 Å². The number of fused-ring (bicyclic) bond motifs is 2. The van der Waals surface area contributed by atoms with E-state index in [-0.39, 0.29) is 37.4 Å². The van der Waals surface area contributed by atoms with Gasteiger partial charge in [0.15, 0.2) is 13.2 Å². The predicted molar refractivity (Wildman–Crippen MR) is 222 cm³/mol. The van der Waals surface area contributed by atoms with Gasteiger partial charge in [0.1, 0.15) is 23.7 Å². The van der Waals surface area contributed by atoms with Crippen molar-refractivity contribution in [3.8, 4) is 22.6 Å². The molecule has 4 fully saturated rings. The van der Waals surface area contributed by atoms with Gasteiger partial charge in [-0.15, -0.1) is 0 Å². The van der Waals surface area contributed by atoms with Crippen LogP contribution in [0.3, 0.4) is 0 Å². The van der Waals surface area contributed by atoms with Gasteiger partial charge in [0.25, 0.3) is 0 Å². The van der Waals surface area contributed by atoms with Crippen molar-refractivity contribution in [3.63, 3.8) is 0 Å². The first-order chi connectivity index (χ1) is 27.4. The van der Waals surface area contributed by atoms with Crippen LogP contribution < -0.4 is 9.47 Å². The second-order valence-electron chi connectivity index (χ2n) is 19.2. The lowest BCUT2D eigenvalue weighted by Crippen LogP contribution is -2.30. The van der Waals surface area contributed by atoms with Crippen molar-refractivity contribution < 1.29 is 28.5 Å². The Bertz CT molecular complexity index is 1510. The van der Waals surface area contributed by atoms with Crippen LogP contribution in [0.2, 0.25) is 0 Å². The van der Waals surface area contributed by atoms with Gasteiger partial charge in [-0.3, -0.25) is 0 Å². The Labute approximate surface area is 337 Å². The van der Waals surface area contributed by atoms with Crippen molar-refractivity contribution in [2.45, 2.75) is 180 Å². The van der Waals surface area contributed by atoms with E-state index in [1.54, 1.807) is 0 Å². The zero-order valence-corrected chi connectivity index (χ0v) is 34.8. The van der Waals surface area contributed by atoms with E-state index in [4.69, 9.17) is 18.9 Å². The Morgan fingerprint density at radius 3 is 1.18 bits per heavy atom. The number of aryl methyl sites for hydroxylation is 2. The normalized spacial score (nSPS) is 30.7. The number of carbonyl (C=O) groups excluding carboxylic acids is 2. The van der Waals surface area contributed by atoms with E-state index in [0.29, 0.717) is 11.5 Å². The highest BCUT2D eigenvalue weighted by Gasteiger charge is 2.34. The summed E-state index contributed by atoms with van der Waals surface area (Å²) in [6.07, 6.45) is 28.1. The fraction of sp³-hybridized carbons (Fsp3) is 0.720. The van der Waals surface area contributed by atoms with Gasteiger partial charge in [0.2, 0.25) is 0 Å². The van der Waals surface area contributed by atoms with E-state index < -0.39 is 0 Å². The molecule has 56 heavy (non-hydrogen) atoms. The molecule has 0 bridgehead atoms. The molecule has 0 atom stereocenters. The van der Waals surface area contributed by atoms with Crippen molar-refractivity contribution in [1.82, 2.24) is 0 Å². The maximum atomic E-state index is 13.4. The summed E-state index contributed by atoms with van der Waals surface area (Å²) >= 11 is 0. The van der Waals surface area contributed by atoms with Crippen LogP contribution in [0.5, 0.6) is 11.5 Å². The topological polar surface area (TPSA) is 71.1 Å². The number of ether oxygens (including phenoxy) is 4. The number of rotatable bonds is 11. The molecule has 0 amide bonds. The number of hydrogen-bond acceptors (Lipinski definition) is 6. The largest absolute Gasteiger partial charge is 0.481 e. The van der Waals surface area contributed by atoms with Crippen LogP contribution >= 0.6 is 0 Å². The standard InChI is InChI=1S/C50H70O6/c1-33-11-15-35(16-12-33)37-19-25-41(26-20-37)55-47(51)31-53-45-29-23-39-7-3-5-9-43(39)49(45)50-44-10-6-4-8-40(44)24-30-46(50)54-32-48(52)56-42-27-21-38(22-28-42)36-17-13-34(2)14-18-36/h23-24,29-30,33-38,41-42H,3-22,25-28,31-32H2,1-2H3. The third-order valence-electron chi connectivity index (χ3n) is 15.4. The van der Waals surface area contributed by atoms with Crippen molar-refractivity contribution in [1.29, 1.82) is 0 Å². The summed E-state index contributed by atoms with van der Waals surface area (Å²) in [6.45, 7) is 4.57. The average molecular weight is 767 g/mol. The second-order valence-corrected chi connectivity index (χ2v) is 19.2. The van der Waals surface area contributed by atoms with Gasteiger partial charge in [-0.2, -0.15) is 0 Å². The lowest BCUT2D eigenvalue weighted by atomic mass is 9.71. The Balaban J connectivity index is 0.931. The SMILES string of the molecule is CC1CCC(C2CCC(OC(=O)COc3ccc4c(c3-c3c(OCC(=O)OC5CCC(C6CCC(C)CC6)CC5)ccc5c3CCCC5)CCCC4)CC2)CC1. The molecular formula is C50H70O6. The zero-order chi connectivity index (χ0) is 38.4. The second kappa shape index (κ2) is 18.7. The Morgan fingerprint density at radius 1 is 0.464 bits per heavy atom. The fourth-order valence-corrected chi connectivity index (χ4v) is 12.0. The predicted octanol–water partition coefficient (Wildman–Crippen LogP) is 11.7. The maximum Gasteiger partial charge on any atom is 0.344 e. The fourth-order valence-electron chi connectivity index (χ4n) is 12.0. The number of carbonyl (C=O) groups is 2. The van der Waals surface area contributed by atoms with Gasteiger partial charge in [-0.05, 0) is 198 Å².